The summed E-state index contributed by atoms with van der Waals surface area (Å²) in [5.74, 6) is -0.843. The molecule has 0 spiro atoms. The molecule has 0 bridgehead atoms. The minimum absolute atomic E-state index is 0.0824. The van der Waals surface area contributed by atoms with Crippen LogP contribution in [0.2, 0.25) is 0 Å². The molecular formula is C8H3Br2NO3S. The molecule has 0 radical (unpaired) electrons. The summed E-state index contributed by atoms with van der Waals surface area (Å²) in [6.45, 7) is 0. The quantitative estimate of drug-likeness (QED) is 0.896. The topological polar surface area (TPSA) is 63.3 Å². The number of halogens is 2. The van der Waals surface area contributed by atoms with Crippen LogP contribution in [0.1, 0.15) is 10.5 Å². The van der Waals surface area contributed by atoms with Crippen molar-refractivity contribution >= 4 is 49.2 Å². The highest BCUT2D eigenvalue weighted by atomic mass is 79.9. The van der Waals surface area contributed by atoms with Crippen LogP contribution in [-0.2, 0) is 0 Å². The van der Waals surface area contributed by atoms with E-state index in [4.69, 9.17) is 9.52 Å². The lowest BCUT2D eigenvalue weighted by Crippen LogP contribution is -1.98. The highest BCUT2D eigenvalue weighted by molar-refractivity contribution is 9.12. The van der Waals surface area contributed by atoms with Crippen LogP contribution in [0.4, 0.5) is 0 Å². The van der Waals surface area contributed by atoms with Gasteiger partial charge >= 0.3 is 5.97 Å². The van der Waals surface area contributed by atoms with Crippen molar-refractivity contribution in [2.75, 3.05) is 0 Å². The second-order valence-electron chi connectivity index (χ2n) is 2.57. The van der Waals surface area contributed by atoms with Crippen LogP contribution in [0.5, 0.6) is 0 Å². The van der Waals surface area contributed by atoms with Crippen LogP contribution >= 0.6 is 43.2 Å². The number of hydrogen-bond donors (Lipinski definition) is 1. The van der Waals surface area contributed by atoms with Crippen molar-refractivity contribution in [3.63, 3.8) is 0 Å². The van der Waals surface area contributed by atoms with Crippen molar-refractivity contribution in [3.05, 3.63) is 25.7 Å². The van der Waals surface area contributed by atoms with E-state index in [0.29, 0.717) is 5.56 Å². The van der Waals surface area contributed by atoms with Gasteiger partial charge in [0.1, 0.15) is 0 Å². The van der Waals surface area contributed by atoms with E-state index in [-0.39, 0.29) is 11.5 Å². The lowest BCUT2D eigenvalue weighted by molar-refractivity contribution is 0.0691. The first-order valence-electron chi connectivity index (χ1n) is 3.71. The molecular weight excluding hydrogens is 350 g/mol. The lowest BCUT2D eigenvalue weighted by atomic mass is 10.2. The zero-order valence-corrected chi connectivity index (χ0v) is 11.0. The maximum absolute atomic E-state index is 10.8. The van der Waals surface area contributed by atoms with Crippen molar-refractivity contribution < 1.29 is 14.3 Å². The van der Waals surface area contributed by atoms with Crippen molar-refractivity contribution in [1.82, 2.24) is 4.98 Å². The predicted octanol–water partition coefficient (Wildman–Crippen LogP) is 3.63. The Labute approximate surface area is 105 Å². The summed E-state index contributed by atoms with van der Waals surface area (Å²) in [5.41, 5.74) is 0.600. The van der Waals surface area contributed by atoms with E-state index >= 15 is 0 Å². The molecule has 0 aromatic carbocycles. The third kappa shape index (κ3) is 1.99. The maximum atomic E-state index is 10.8. The van der Waals surface area contributed by atoms with E-state index in [1.807, 2.05) is 0 Å². The molecule has 0 saturated carbocycles. The van der Waals surface area contributed by atoms with E-state index in [0.717, 1.165) is 14.0 Å². The fraction of sp³-hybridized carbons (Fsp3) is 0. The van der Waals surface area contributed by atoms with E-state index in [2.05, 4.69) is 36.8 Å². The van der Waals surface area contributed by atoms with Gasteiger partial charge < -0.3 is 9.52 Å². The van der Waals surface area contributed by atoms with E-state index < -0.39 is 5.97 Å². The Kier molecular flexibility index (Phi) is 2.94. The van der Waals surface area contributed by atoms with Gasteiger partial charge in [0.2, 0.25) is 0 Å². The van der Waals surface area contributed by atoms with Crippen molar-refractivity contribution in [2.45, 2.75) is 0 Å². The van der Waals surface area contributed by atoms with Crippen LogP contribution in [0.15, 0.2) is 24.4 Å². The van der Waals surface area contributed by atoms with Crippen LogP contribution in [0, 0.1) is 0 Å². The molecule has 0 aliphatic heterocycles. The fourth-order valence-electron chi connectivity index (χ4n) is 1.08. The summed E-state index contributed by atoms with van der Waals surface area (Å²) in [5, 5.41) is 8.87. The number of carboxylic acids is 1. The summed E-state index contributed by atoms with van der Waals surface area (Å²) in [7, 11) is 0. The van der Waals surface area contributed by atoms with Gasteiger partial charge in [0.05, 0.1) is 7.57 Å². The van der Waals surface area contributed by atoms with Gasteiger partial charge in [-0.2, -0.15) is 0 Å². The number of nitrogens with zero attached hydrogens (tertiary/aromatic N) is 1. The fourth-order valence-corrected chi connectivity index (χ4v) is 3.88. The summed E-state index contributed by atoms with van der Waals surface area (Å²) in [4.78, 5) is 14.5. The third-order valence-corrected chi connectivity index (χ3v) is 4.01. The van der Waals surface area contributed by atoms with Crippen LogP contribution in [-0.4, -0.2) is 16.1 Å². The van der Waals surface area contributed by atoms with E-state index in [1.54, 1.807) is 6.07 Å². The molecule has 2 aromatic heterocycles. The molecule has 0 aliphatic rings. The number of rotatable bonds is 2. The Morgan fingerprint density at radius 3 is 2.80 bits per heavy atom. The van der Waals surface area contributed by atoms with Crippen molar-refractivity contribution in [3.8, 4) is 11.3 Å². The second kappa shape index (κ2) is 4.07. The summed E-state index contributed by atoms with van der Waals surface area (Å²) >= 11 is 8.08. The highest BCUT2D eigenvalue weighted by Crippen LogP contribution is 2.39. The molecule has 0 amide bonds. The minimum atomic E-state index is -1.10. The molecule has 0 aliphatic carbocycles. The molecule has 2 aromatic rings. The van der Waals surface area contributed by atoms with Gasteiger partial charge in [-0.1, -0.05) is 0 Å². The van der Waals surface area contributed by atoms with Crippen molar-refractivity contribution in [2.24, 2.45) is 0 Å². The smallest absolute Gasteiger partial charge is 0.358 e. The van der Waals surface area contributed by atoms with Crippen LogP contribution < -0.4 is 0 Å². The number of aromatic carboxylic acids is 1. The Balaban J connectivity index is 2.58. The zero-order valence-electron chi connectivity index (χ0n) is 7.03. The molecule has 0 saturated heterocycles. The van der Waals surface area contributed by atoms with E-state index in [1.165, 1.54) is 11.3 Å². The van der Waals surface area contributed by atoms with Crippen LogP contribution in [0.3, 0.4) is 0 Å². The molecule has 78 valence electrons. The van der Waals surface area contributed by atoms with Crippen molar-refractivity contribution in [1.29, 1.82) is 0 Å². The largest absolute Gasteiger partial charge is 0.476 e. The standard InChI is InChI=1S/C8H3Br2NO3S/c9-4-1-3(7(10)15-4)6-5(8(12)13)11-2-14-6/h1-2H,(H,12,13). The maximum Gasteiger partial charge on any atom is 0.358 e. The molecule has 0 fully saturated rings. The molecule has 2 rings (SSSR count). The minimum Gasteiger partial charge on any atom is -0.476 e. The first kappa shape index (κ1) is 10.8. The molecule has 7 heteroatoms. The summed E-state index contributed by atoms with van der Waals surface area (Å²) in [6.07, 6.45) is 1.12. The predicted molar refractivity (Wildman–Crippen MR) is 62.2 cm³/mol. The molecule has 4 nitrogen and oxygen atoms in total. The van der Waals surface area contributed by atoms with Gasteiger partial charge in [-0.05, 0) is 37.9 Å². The van der Waals surface area contributed by atoms with E-state index in [9.17, 15) is 4.79 Å². The van der Waals surface area contributed by atoms with Gasteiger partial charge in [0.25, 0.3) is 0 Å². The zero-order chi connectivity index (χ0) is 11.0. The number of aromatic nitrogens is 1. The first-order valence-corrected chi connectivity index (χ1v) is 6.12. The Morgan fingerprint density at radius 1 is 1.53 bits per heavy atom. The Hall–Kier alpha value is -0.660. The average Bonchev–Trinajstić information content (AvgIpc) is 2.71. The second-order valence-corrected chi connectivity index (χ2v) is 6.32. The highest BCUT2D eigenvalue weighted by Gasteiger charge is 2.20. The van der Waals surface area contributed by atoms with Gasteiger partial charge in [0.15, 0.2) is 17.8 Å². The van der Waals surface area contributed by atoms with Gasteiger partial charge in [-0.25, -0.2) is 9.78 Å². The number of thiophene rings is 1. The lowest BCUT2D eigenvalue weighted by Gasteiger charge is -1.94. The number of hydrogen-bond acceptors (Lipinski definition) is 4. The summed E-state index contributed by atoms with van der Waals surface area (Å²) < 4.78 is 6.76. The number of carbonyl (C=O) groups is 1. The van der Waals surface area contributed by atoms with Gasteiger partial charge in [-0.15, -0.1) is 11.3 Å². The monoisotopic (exact) mass is 351 g/mol. The van der Waals surface area contributed by atoms with Crippen LogP contribution in [0.25, 0.3) is 11.3 Å². The summed E-state index contributed by atoms with van der Waals surface area (Å²) in [6, 6.07) is 1.78. The molecule has 2 heterocycles. The van der Waals surface area contributed by atoms with Gasteiger partial charge in [0, 0.05) is 5.56 Å². The molecule has 0 unspecified atom stereocenters. The average molecular weight is 353 g/mol. The molecule has 1 N–H and O–H groups in total. The Bertz CT molecular complexity index is 520. The first-order chi connectivity index (χ1) is 7.09. The number of carboxylic acid groups (broad SMARTS) is 1. The molecule has 0 atom stereocenters. The Morgan fingerprint density at radius 2 is 2.27 bits per heavy atom. The van der Waals surface area contributed by atoms with Gasteiger partial charge in [-0.3, -0.25) is 0 Å². The molecule has 15 heavy (non-hydrogen) atoms. The normalized spacial score (nSPS) is 10.5. The SMILES string of the molecule is O=C(O)c1ncoc1-c1cc(Br)sc1Br. The third-order valence-electron chi connectivity index (χ3n) is 1.67. The number of oxazole rings is 1.